The Bertz CT molecular complexity index is 565. The fraction of sp³-hybridized carbons (Fsp3) is 0.444. The molecule has 2 aromatic rings. The van der Waals surface area contributed by atoms with Gasteiger partial charge in [-0.2, -0.15) is 5.10 Å². The molecule has 0 atom stereocenters. The predicted octanol–water partition coefficient (Wildman–Crippen LogP) is -0.657. The van der Waals surface area contributed by atoms with E-state index in [-0.39, 0.29) is 5.56 Å². The topological polar surface area (TPSA) is 75.6 Å². The Morgan fingerprint density at radius 3 is 3.00 bits per heavy atom. The smallest absolute Gasteiger partial charge is 0.262 e. The van der Waals surface area contributed by atoms with Crippen molar-refractivity contribution >= 4 is 11.0 Å². The first-order chi connectivity index (χ1) is 7.25. The molecule has 0 amide bonds. The van der Waals surface area contributed by atoms with Crippen LogP contribution in [-0.2, 0) is 7.05 Å². The molecule has 3 heterocycles. The number of aromatic amines is 1. The zero-order chi connectivity index (χ0) is 10.4. The van der Waals surface area contributed by atoms with Gasteiger partial charge in [0.25, 0.3) is 5.56 Å². The van der Waals surface area contributed by atoms with Gasteiger partial charge in [-0.1, -0.05) is 0 Å². The number of aryl methyl sites for hydroxylation is 1. The summed E-state index contributed by atoms with van der Waals surface area (Å²) >= 11 is 0. The minimum Gasteiger partial charge on any atom is -0.315 e. The van der Waals surface area contributed by atoms with Crippen LogP contribution in [0.5, 0.6) is 0 Å². The van der Waals surface area contributed by atoms with Gasteiger partial charge in [0.1, 0.15) is 11.2 Å². The van der Waals surface area contributed by atoms with Crippen LogP contribution in [0.2, 0.25) is 0 Å². The van der Waals surface area contributed by atoms with Crippen molar-refractivity contribution in [3.63, 3.8) is 0 Å². The molecule has 0 aromatic carbocycles. The van der Waals surface area contributed by atoms with E-state index in [9.17, 15) is 4.79 Å². The Kier molecular flexibility index (Phi) is 1.66. The summed E-state index contributed by atoms with van der Waals surface area (Å²) in [7, 11) is 1.79. The average molecular weight is 205 g/mol. The maximum absolute atomic E-state index is 11.7. The largest absolute Gasteiger partial charge is 0.315 e. The molecule has 1 fully saturated rings. The molecule has 0 aliphatic carbocycles. The molecule has 2 N–H and O–H groups in total. The molecule has 1 saturated heterocycles. The van der Waals surface area contributed by atoms with E-state index in [1.54, 1.807) is 17.9 Å². The van der Waals surface area contributed by atoms with Crippen molar-refractivity contribution in [1.82, 2.24) is 25.1 Å². The van der Waals surface area contributed by atoms with Gasteiger partial charge in [0.15, 0.2) is 5.65 Å². The summed E-state index contributed by atoms with van der Waals surface area (Å²) in [6.45, 7) is 1.76. The number of H-pyrrole nitrogens is 1. The van der Waals surface area contributed by atoms with Crippen molar-refractivity contribution in [1.29, 1.82) is 0 Å². The molecule has 78 valence electrons. The van der Waals surface area contributed by atoms with Crippen LogP contribution in [-0.4, -0.2) is 32.8 Å². The molecule has 0 unspecified atom stereocenters. The Balaban J connectivity index is 2.24. The normalized spacial score (nSPS) is 16.9. The third kappa shape index (κ3) is 1.18. The summed E-state index contributed by atoms with van der Waals surface area (Å²) < 4.78 is 1.63. The van der Waals surface area contributed by atoms with E-state index in [1.807, 2.05) is 0 Å². The van der Waals surface area contributed by atoms with Gasteiger partial charge in [-0.3, -0.25) is 9.48 Å². The molecule has 0 spiro atoms. The number of nitrogens with zero attached hydrogens (tertiary/aromatic N) is 3. The van der Waals surface area contributed by atoms with E-state index >= 15 is 0 Å². The van der Waals surface area contributed by atoms with Gasteiger partial charge in [-0.05, 0) is 0 Å². The predicted molar refractivity (Wildman–Crippen MR) is 54.7 cm³/mol. The third-order valence-electron chi connectivity index (χ3n) is 2.79. The van der Waals surface area contributed by atoms with E-state index < -0.39 is 0 Å². The van der Waals surface area contributed by atoms with Gasteiger partial charge in [0.05, 0.1) is 6.20 Å². The molecule has 0 bridgehead atoms. The SMILES string of the molecule is Cn1ncc2c(=O)[nH]c(C3CNC3)nc21. The highest BCUT2D eigenvalue weighted by Crippen LogP contribution is 2.15. The van der Waals surface area contributed by atoms with Crippen molar-refractivity contribution < 1.29 is 0 Å². The Morgan fingerprint density at radius 1 is 1.53 bits per heavy atom. The average Bonchev–Trinajstić information content (AvgIpc) is 2.46. The van der Waals surface area contributed by atoms with Crippen molar-refractivity contribution in [2.24, 2.45) is 7.05 Å². The monoisotopic (exact) mass is 205 g/mol. The van der Waals surface area contributed by atoms with Crippen LogP contribution < -0.4 is 10.9 Å². The van der Waals surface area contributed by atoms with Gasteiger partial charge in [-0.15, -0.1) is 0 Å². The van der Waals surface area contributed by atoms with E-state index in [0.29, 0.717) is 17.0 Å². The summed E-state index contributed by atoms with van der Waals surface area (Å²) in [6.07, 6.45) is 1.55. The number of nitrogens with one attached hydrogen (secondary N) is 2. The number of fused-ring (bicyclic) bond motifs is 1. The van der Waals surface area contributed by atoms with E-state index in [0.717, 1.165) is 18.9 Å². The first-order valence-corrected chi connectivity index (χ1v) is 4.88. The van der Waals surface area contributed by atoms with Crippen LogP contribution in [0.15, 0.2) is 11.0 Å². The van der Waals surface area contributed by atoms with Gasteiger partial charge in [0, 0.05) is 26.1 Å². The molecule has 1 aliphatic heterocycles. The minimum atomic E-state index is -0.102. The number of rotatable bonds is 1. The van der Waals surface area contributed by atoms with Crippen LogP contribution in [0.4, 0.5) is 0 Å². The summed E-state index contributed by atoms with van der Waals surface area (Å²) in [5.41, 5.74) is 0.552. The molecule has 2 aromatic heterocycles. The second kappa shape index (κ2) is 2.90. The molecule has 0 saturated carbocycles. The molecule has 6 nitrogen and oxygen atoms in total. The summed E-state index contributed by atoms with van der Waals surface area (Å²) in [4.78, 5) is 18.9. The van der Waals surface area contributed by atoms with E-state index in [2.05, 4.69) is 20.4 Å². The second-order valence-electron chi connectivity index (χ2n) is 3.81. The standard InChI is InChI=1S/C9H11N5O/c1-14-8-6(4-11-14)9(15)13-7(12-8)5-2-10-3-5/h4-5,10H,2-3H2,1H3,(H,12,13,15). The lowest BCUT2D eigenvalue weighted by Crippen LogP contribution is -2.41. The van der Waals surface area contributed by atoms with Crippen molar-refractivity contribution in [3.05, 3.63) is 22.4 Å². The lowest BCUT2D eigenvalue weighted by Gasteiger charge is -2.25. The van der Waals surface area contributed by atoms with Crippen LogP contribution in [0, 0.1) is 0 Å². The Hall–Kier alpha value is -1.69. The van der Waals surface area contributed by atoms with Gasteiger partial charge >= 0.3 is 0 Å². The van der Waals surface area contributed by atoms with E-state index in [1.165, 1.54) is 0 Å². The highest BCUT2D eigenvalue weighted by molar-refractivity contribution is 5.72. The maximum Gasteiger partial charge on any atom is 0.262 e. The minimum absolute atomic E-state index is 0.102. The molecule has 1 aliphatic rings. The summed E-state index contributed by atoms with van der Waals surface area (Å²) in [6, 6.07) is 0. The van der Waals surface area contributed by atoms with Crippen molar-refractivity contribution in [3.8, 4) is 0 Å². The molecule has 3 rings (SSSR count). The molecular weight excluding hydrogens is 194 g/mol. The molecule has 0 radical (unpaired) electrons. The second-order valence-corrected chi connectivity index (χ2v) is 3.81. The number of hydrogen-bond acceptors (Lipinski definition) is 4. The number of aromatic nitrogens is 4. The maximum atomic E-state index is 11.7. The zero-order valence-electron chi connectivity index (χ0n) is 8.32. The molecule has 15 heavy (non-hydrogen) atoms. The highest BCUT2D eigenvalue weighted by Gasteiger charge is 2.22. The quantitative estimate of drug-likeness (QED) is 0.648. The van der Waals surface area contributed by atoms with Crippen LogP contribution in [0.3, 0.4) is 0 Å². The summed E-state index contributed by atoms with van der Waals surface area (Å²) in [5, 5.41) is 7.72. The van der Waals surface area contributed by atoms with Crippen LogP contribution >= 0.6 is 0 Å². The van der Waals surface area contributed by atoms with Crippen LogP contribution in [0.1, 0.15) is 11.7 Å². The van der Waals surface area contributed by atoms with Gasteiger partial charge < -0.3 is 10.3 Å². The molecular formula is C9H11N5O. The summed E-state index contributed by atoms with van der Waals surface area (Å²) in [5.74, 6) is 1.09. The van der Waals surface area contributed by atoms with Crippen LogP contribution in [0.25, 0.3) is 11.0 Å². The zero-order valence-corrected chi connectivity index (χ0v) is 8.32. The third-order valence-corrected chi connectivity index (χ3v) is 2.79. The highest BCUT2D eigenvalue weighted by atomic mass is 16.1. The first-order valence-electron chi connectivity index (χ1n) is 4.88. The Morgan fingerprint density at radius 2 is 2.33 bits per heavy atom. The fourth-order valence-corrected chi connectivity index (χ4v) is 1.72. The lowest BCUT2D eigenvalue weighted by atomic mass is 10.0. The van der Waals surface area contributed by atoms with Gasteiger partial charge in [0.2, 0.25) is 0 Å². The lowest BCUT2D eigenvalue weighted by molar-refractivity contribution is 0.430. The van der Waals surface area contributed by atoms with E-state index in [4.69, 9.17) is 0 Å². The molecule has 6 heteroatoms. The van der Waals surface area contributed by atoms with Crippen molar-refractivity contribution in [2.75, 3.05) is 13.1 Å². The fourth-order valence-electron chi connectivity index (χ4n) is 1.72. The number of hydrogen-bond donors (Lipinski definition) is 2. The van der Waals surface area contributed by atoms with Crippen molar-refractivity contribution in [2.45, 2.75) is 5.92 Å². The first kappa shape index (κ1) is 8.60. The van der Waals surface area contributed by atoms with Gasteiger partial charge in [-0.25, -0.2) is 4.98 Å². The Labute approximate surface area is 85.3 Å².